The van der Waals surface area contributed by atoms with Crippen LogP contribution in [0.3, 0.4) is 0 Å². The van der Waals surface area contributed by atoms with Gasteiger partial charge in [-0.3, -0.25) is 9.62 Å². The number of rotatable bonds is 7. The van der Waals surface area contributed by atoms with Crippen molar-refractivity contribution in [2.75, 3.05) is 49.0 Å². The standard InChI is InChI=1S/C27H32ClFN6O2S/c1-5-10-34-11-13-35(14-12-34)27(2,3)9-8-19-15-25-21(17-24(19)33-38(4,36)37)26(31-18-30-25)32-20-6-7-23(29)22(28)16-20/h6-7,15-18,33H,5,10-14H2,1-4H3,(H,30,31,32). The number of nitrogens with one attached hydrogen (secondary N) is 2. The summed E-state index contributed by atoms with van der Waals surface area (Å²) < 4.78 is 40.6. The Morgan fingerprint density at radius 1 is 1.13 bits per heavy atom. The maximum atomic E-state index is 13.6. The van der Waals surface area contributed by atoms with Crippen LogP contribution in [0.5, 0.6) is 0 Å². The first kappa shape index (κ1) is 28.0. The molecule has 2 N–H and O–H groups in total. The maximum absolute atomic E-state index is 13.6. The normalized spacial score (nSPS) is 15.2. The van der Waals surface area contributed by atoms with Crippen LogP contribution in [0.2, 0.25) is 5.02 Å². The zero-order valence-electron chi connectivity index (χ0n) is 22.0. The lowest BCUT2D eigenvalue weighted by molar-refractivity contribution is 0.0812. The minimum Gasteiger partial charge on any atom is -0.340 e. The van der Waals surface area contributed by atoms with Crippen LogP contribution >= 0.6 is 11.6 Å². The van der Waals surface area contributed by atoms with Gasteiger partial charge in [-0.15, -0.1) is 0 Å². The number of nitrogens with zero attached hydrogens (tertiary/aromatic N) is 4. The Labute approximate surface area is 228 Å². The number of piperazine rings is 1. The van der Waals surface area contributed by atoms with E-state index in [2.05, 4.69) is 62.4 Å². The highest BCUT2D eigenvalue weighted by Crippen LogP contribution is 2.30. The van der Waals surface area contributed by atoms with E-state index in [1.165, 1.54) is 24.5 Å². The maximum Gasteiger partial charge on any atom is 0.229 e. The van der Waals surface area contributed by atoms with Crippen LogP contribution in [0.4, 0.5) is 21.6 Å². The number of fused-ring (bicyclic) bond motifs is 1. The highest BCUT2D eigenvalue weighted by molar-refractivity contribution is 7.92. The molecule has 1 aromatic heterocycles. The van der Waals surface area contributed by atoms with E-state index in [0.29, 0.717) is 33.7 Å². The van der Waals surface area contributed by atoms with E-state index >= 15 is 0 Å². The molecule has 0 saturated carbocycles. The SMILES string of the molecule is CCCN1CCN(C(C)(C)C#Cc2cc3ncnc(Nc4ccc(F)c(Cl)c4)c3cc2NS(C)(=O)=O)CC1. The van der Waals surface area contributed by atoms with E-state index in [0.717, 1.165) is 45.4 Å². The molecule has 3 aromatic rings. The zero-order valence-corrected chi connectivity index (χ0v) is 23.5. The third-order valence-corrected chi connectivity index (χ3v) is 7.34. The summed E-state index contributed by atoms with van der Waals surface area (Å²) in [4.78, 5) is 13.5. The third kappa shape index (κ3) is 6.91. The van der Waals surface area contributed by atoms with Crippen LogP contribution in [-0.4, -0.2) is 72.7 Å². The molecule has 0 spiro atoms. The number of hydrogen-bond donors (Lipinski definition) is 2. The van der Waals surface area contributed by atoms with Crippen molar-refractivity contribution in [1.29, 1.82) is 0 Å². The first-order valence-electron chi connectivity index (χ1n) is 12.4. The molecule has 2 heterocycles. The number of anilines is 3. The Morgan fingerprint density at radius 2 is 1.87 bits per heavy atom. The average Bonchev–Trinajstić information content (AvgIpc) is 2.85. The molecule has 8 nitrogen and oxygen atoms in total. The van der Waals surface area contributed by atoms with Crippen LogP contribution in [0.25, 0.3) is 10.9 Å². The molecule has 4 rings (SSSR count). The number of halogens is 2. The van der Waals surface area contributed by atoms with Gasteiger partial charge in [0.25, 0.3) is 0 Å². The smallest absolute Gasteiger partial charge is 0.229 e. The summed E-state index contributed by atoms with van der Waals surface area (Å²) in [6.07, 6.45) is 3.63. The second-order valence-corrected chi connectivity index (χ2v) is 12.1. The van der Waals surface area contributed by atoms with Crippen LogP contribution in [0.1, 0.15) is 32.8 Å². The predicted octanol–water partition coefficient (Wildman–Crippen LogP) is 4.70. The average molecular weight is 559 g/mol. The van der Waals surface area contributed by atoms with Crippen LogP contribution in [0.15, 0.2) is 36.7 Å². The van der Waals surface area contributed by atoms with Crippen molar-refractivity contribution >= 4 is 49.7 Å². The van der Waals surface area contributed by atoms with E-state index in [-0.39, 0.29) is 5.02 Å². The van der Waals surface area contributed by atoms with Crippen molar-refractivity contribution in [2.45, 2.75) is 32.7 Å². The van der Waals surface area contributed by atoms with Crippen molar-refractivity contribution < 1.29 is 12.8 Å². The van der Waals surface area contributed by atoms with Gasteiger partial charge in [0.05, 0.1) is 33.6 Å². The van der Waals surface area contributed by atoms with Gasteiger partial charge in [-0.2, -0.15) is 0 Å². The molecule has 0 aliphatic carbocycles. The molecule has 0 atom stereocenters. The van der Waals surface area contributed by atoms with Gasteiger partial charge in [0.1, 0.15) is 18.0 Å². The van der Waals surface area contributed by atoms with Crippen molar-refractivity contribution in [1.82, 2.24) is 19.8 Å². The first-order chi connectivity index (χ1) is 17.9. The summed E-state index contributed by atoms with van der Waals surface area (Å²) in [6, 6.07) is 7.64. The monoisotopic (exact) mass is 558 g/mol. The molecule has 11 heteroatoms. The summed E-state index contributed by atoms with van der Waals surface area (Å²) in [5, 5.41) is 3.65. The molecule has 1 aliphatic rings. The lowest BCUT2D eigenvalue weighted by Crippen LogP contribution is -2.54. The zero-order chi connectivity index (χ0) is 27.5. The number of benzene rings is 2. The van der Waals surface area contributed by atoms with Gasteiger partial charge in [-0.1, -0.05) is 30.4 Å². The fourth-order valence-electron chi connectivity index (χ4n) is 4.45. The third-order valence-electron chi connectivity index (χ3n) is 6.46. The van der Waals surface area contributed by atoms with Gasteiger partial charge < -0.3 is 10.2 Å². The van der Waals surface area contributed by atoms with E-state index in [9.17, 15) is 12.8 Å². The minimum atomic E-state index is -3.59. The van der Waals surface area contributed by atoms with E-state index in [1.54, 1.807) is 12.1 Å². The summed E-state index contributed by atoms with van der Waals surface area (Å²) in [5.74, 6) is 6.46. The van der Waals surface area contributed by atoms with E-state index < -0.39 is 21.4 Å². The molecule has 2 aromatic carbocycles. The molecule has 0 bridgehead atoms. The molecular weight excluding hydrogens is 527 g/mol. The quantitative estimate of drug-likeness (QED) is 0.406. The van der Waals surface area contributed by atoms with E-state index in [1.807, 2.05) is 0 Å². The second kappa shape index (κ2) is 11.4. The van der Waals surface area contributed by atoms with Crippen molar-refractivity contribution in [2.24, 2.45) is 0 Å². The Balaban J connectivity index is 1.69. The summed E-state index contributed by atoms with van der Waals surface area (Å²) in [6.45, 7) is 11.3. The molecule has 1 fully saturated rings. The van der Waals surface area contributed by atoms with Gasteiger partial charge in [-0.25, -0.2) is 22.8 Å². The van der Waals surface area contributed by atoms with Gasteiger partial charge in [-0.05, 0) is 57.1 Å². The second-order valence-electron chi connectivity index (χ2n) is 9.90. The highest BCUT2D eigenvalue weighted by Gasteiger charge is 2.28. The van der Waals surface area contributed by atoms with Gasteiger partial charge in [0.2, 0.25) is 10.0 Å². The Morgan fingerprint density at radius 3 is 2.53 bits per heavy atom. The molecule has 0 radical (unpaired) electrons. The number of hydrogen-bond acceptors (Lipinski definition) is 7. The summed E-state index contributed by atoms with van der Waals surface area (Å²) in [7, 11) is -3.59. The minimum absolute atomic E-state index is 0.0280. The van der Waals surface area contributed by atoms with Crippen molar-refractivity contribution in [3.8, 4) is 11.8 Å². The lowest BCUT2D eigenvalue weighted by Gasteiger charge is -2.41. The Kier molecular flexibility index (Phi) is 8.43. The topological polar surface area (TPSA) is 90.5 Å². The fraction of sp³-hybridized carbons (Fsp3) is 0.407. The van der Waals surface area contributed by atoms with E-state index in [4.69, 9.17) is 11.6 Å². The molecular formula is C27H32ClFN6O2S. The largest absolute Gasteiger partial charge is 0.340 e. The molecule has 202 valence electrons. The van der Waals surface area contributed by atoms with Crippen LogP contribution in [0, 0.1) is 17.7 Å². The highest BCUT2D eigenvalue weighted by atomic mass is 35.5. The molecule has 1 aliphatic heterocycles. The molecule has 1 saturated heterocycles. The first-order valence-corrected chi connectivity index (χ1v) is 14.7. The fourth-order valence-corrected chi connectivity index (χ4v) is 5.20. The lowest BCUT2D eigenvalue weighted by atomic mass is 10.0. The van der Waals surface area contributed by atoms with Gasteiger partial charge in [0, 0.05) is 37.3 Å². The Bertz CT molecular complexity index is 1490. The Hall–Kier alpha value is -2.97. The van der Waals surface area contributed by atoms with Gasteiger partial charge >= 0.3 is 0 Å². The van der Waals surface area contributed by atoms with Gasteiger partial charge in [0.15, 0.2) is 0 Å². The molecule has 0 unspecified atom stereocenters. The molecule has 38 heavy (non-hydrogen) atoms. The summed E-state index contributed by atoms with van der Waals surface area (Å²) >= 11 is 5.92. The number of sulfonamides is 1. The summed E-state index contributed by atoms with van der Waals surface area (Å²) in [5.41, 5.74) is 1.53. The van der Waals surface area contributed by atoms with Crippen LogP contribution < -0.4 is 10.0 Å². The molecule has 0 amide bonds. The van der Waals surface area contributed by atoms with Crippen molar-refractivity contribution in [3.63, 3.8) is 0 Å². The van der Waals surface area contributed by atoms with Crippen LogP contribution in [-0.2, 0) is 10.0 Å². The van der Waals surface area contributed by atoms with Crippen molar-refractivity contribution in [3.05, 3.63) is 53.1 Å². The predicted molar refractivity (Wildman–Crippen MR) is 152 cm³/mol. The number of aromatic nitrogens is 2.